The summed E-state index contributed by atoms with van der Waals surface area (Å²) in [6, 6.07) is 5.47. The van der Waals surface area contributed by atoms with Crippen molar-refractivity contribution < 1.29 is 20.1 Å². The molecule has 3 atom stereocenters. The molecule has 1 rings (SSSR count). The highest BCUT2D eigenvalue weighted by molar-refractivity contribution is 5.78. The summed E-state index contributed by atoms with van der Waals surface area (Å²) in [5.74, 6) is -0.712. The molecule has 0 fully saturated rings. The van der Waals surface area contributed by atoms with Gasteiger partial charge in [-0.25, -0.2) is 0 Å². The molecule has 1 aromatic rings. The minimum Gasteiger partial charge on any atom is -0.392 e. The molecule has 0 heterocycles. The molecule has 116 valence electrons. The third-order valence-corrected chi connectivity index (χ3v) is 3.89. The number of benzene rings is 1. The molecule has 0 aliphatic heterocycles. The SMILES string of the molecule is CC(=O)[C@H](C)[C@H](O)[C@H](C)c1ccc(CO)cc1C=CCO. The van der Waals surface area contributed by atoms with Gasteiger partial charge in [-0.2, -0.15) is 0 Å². The molecule has 21 heavy (non-hydrogen) atoms. The first kappa shape index (κ1) is 17.6. The largest absolute Gasteiger partial charge is 0.392 e. The minimum absolute atomic E-state index is 0.0474. The quantitative estimate of drug-likeness (QED) is 0.717. The van der Waals surface area contributed by atoms with Crippen molar-refractivity contribution in [2.24, 2.45) is 5.92 Å². The van der Waals surface area contributed by atoms with Crippen LogP contribution in [0.15, 0.2) is 24.3 Å². The summed E-state index contributed by atoms with van der Waals surface area (Å²) in [7, 11) is 0. The predicted molar refractivity (Wildman–Crippen MR) is 82.8 cm³/mol. The molecule has 0 aliphatic rings. The molecule has 0 unspecified atom stereocenters. The number of aliphatic hydroxyl groups is 3. The van der Waals surface area contributed by atoms with Crippen molar-refractivity contribution in [3.63, 3.8) is 0 Å². The van der Waals surface area contributed by atoms with Crippen LogP contribution < -0.4 is 0 Å². The van der Waals surface area contributed by atoms with Gasteiger partial charge in [0.15, 0.2) is 0 Å². The van der Waals surface area contributed by atoms with Gasteiger partial charge >= 0.3 is 0 Å². The van der Waals surface area contributed by atoms with Crippen LogP contribution in [0.1, 0.15) is 43.4 Å². The second-order valence-electron chi connectivity index (χ2n) is 5.38. The van der Waals surface area contributed by atoms with Gasteiger partial charge in [-0.05, 0) is 29.7 Å². The summed E-state index contributed by atoms with van der Waals surface area (Å²) in [5.41, 5.74) is 2.48. The van der Waals surface area contributed by atoms with E-state index in [2.05, 4.69) is 0 Å². The molecule has 0 aromatic heterocycles. The van der Waals surface area contributed by atoms with E-state index < -0.39 is 12.0 Å². The van der Waals surface area contributed by atoms with E-state index in [1.807, 2.05) is 19.1 Å². The molecule has 3 N–H and O–H groups in total. The molecule has 0 spiro atoms. The number of carbonyl (C=O) groups excluding carboxylic acids is 1. The van der Waals surface area contributed by atoms with Gasteiger partial charge in [0.1, 0.15) is 5.78 Å². The number of rotatable bonds is 7. The highest BCUT2D eigenvalue weighted by Gasteiger charge is 2.26. The molecular formula is C17H24O4. The number of carbonyl (C=O) groups is 1. The first-order valence-electron chi connectivity index (χ1n) is 7.12. The van der Waals surface area contributed by atoms with Gasteiger partial charge in [0.25, 0.3) is 0 Å². The van der Waals surface area contributed by atoms with Gasteiger partial charge in [-0.1, -0.05) is 38.1 Å². The molecule has 0 amide bonds. The average Bonchev–Trinajstić information content (AvgIpc) is 2.50. The number of Topliss-reactive ketones (excluding diaryl/α,β-unsaturated/α-hetero) is 1. The molecule has 0 saturated heterocycles. The van der Waals surface area contributed by atoms with E-state index in [0.717, 1.165) is 16.7 Å². The Hall–Kier alpha value is -1.49. The molecule has 4 nitrogen and oxygen atoms in total. The van der Waals surface area contributed by atoms with Crippen molar-refractivity contribution in [2.75, 3.05) is 6.61 Å². The third-order valence-electron chi connectivity index (χ3n) is 3.89. The summed E-state index contributed by atoms with van der Waals surface area (Å²) in [4.78, 5) is 11.4. The van der Waals surface area contributed by atoms with Crippen molar-refractivity contribution in [3.05, 3.63) is 41.0 Å². The minimum atomic E-state index is -0.774. The summed E-state index contributed by atoms with van der Waals surface area (Å²) < 4.78 is 0. The zero-order valence-corrected chi connectivity index (χ0v) is 12.8. The van der Waals surface area contributed by atoms with Crippen LogP contribution >= 0.6 is 0 Å². The Labute approximate surface area is 125 Å². The van der Waals surface area contributed by atoms with Crippen molar-refractivity contribution in [1.29, 1.82) is 0 Å². The first-order valence-corrected chi connectivity index (χ1v) is 7.12. The summed E-state index contributed by atoms with van der Waals surface area (Å²) in [6.45, 7) is 4.91. The summed E-state index contributed by atoms with van der Waals surface area (Å²) in [5, 5.41) is 28.5. The first-order chi connectivity index (χ1) is 9.92. The standard InChI is InChI=1S/C17H24O4/c1-11(13(3)20)17(21)12(2)16-7-6-14(10-19)9-15(16)5-4-8-18/h4-7,9,11-12,17-19,21H,8,10H2,1-3H3/t11-,12+,17-/m0/s1. The van der Waals surface area contributed by atoms with Crippen LogP contribution in [0.2, 0.25) is 0 Å². The Bertz CT molecular complexity index is 508. The van der Waals surface area contributed by atoms with Crippen LogP contribution in [-0.4, -0.2) is 33.8 Å². The van der Waals surface area contributed by atoms with E-state index in [9.17, 15) is 15.0 Å². The predicted octanol–water partition coefficient (Wildman–Crippen LogP) is 1.87. The fourth-order valence-electron chi connectivity index (χ4n) is 2.32. The second kappa shape index (κ2) is 8.08. The van der Waals surface area contributed by atoms with E-state index in [4.69, 9.17) is 5.11 Å². The molecule has 0 aliphatic carbocycles. The Morgan fingerprint density at radius 2 is 1.95 bits per heavy atom. The smallest absolute Gasteiger partial charge is 0.135 e. The Morgan fingerprint density at radius 1 is 1.29 bits per heavy atom. The molecule has 4 heteroatoms. The van der Waals surface area contributed by atoms with Crippen LogP contribution in [0.4, 0.5) is 0 Å². The van der Waals surface area contributed by atoms with Crippen LogP contribution in [0.5, 0.6) is 0 Å². The lowest BCUT2D eigenvalue weighted by atomic mass is 9.83. The molecule has 0 radical (unpaired) electrons. The summed E-state index contributed by atoms with van der Waals surface area (Å²) in [6.07, 6.45) is 2.59. The van der Waals surface area contributed by atoms with Crippen molar-refractivity contribution in [1.82, 2.24) is 0 Å². The molecule has 1 aromatic carbocycles. The Morgan fingerprint density at radius 3 is 2.48 bits per heavy atom. The van der Waals surface area contributed by atoms with Crippen LogP contribution in [-0.2, 0) is 11.4 Å². The zero-order chi connectivity index (χ0) is 16.0. The van der Waals surface area contributed by atoms with Gasteiger partial charge in [-0.3, -0.25) is 4.79 Å². The van der Waals surface area contributed by atoms with Crippen LogP contribution in [0, 0.1) is 5.92 Å². The van der Waals surface area contributed by atoms with Crippen LogP contribution in [0.3, 0.4) is 0 Å². The van der Waals surface area contributed by atoms with Gasteiger partial charge in [0, 0.05) is 11.8 Å². The summed E-state index contributed by atoms with van der Waals surface area (Å²) >= 11 is 0. The number of aliphatic hydroxyl groups excluding tert-OH is 3. The molecule has 0 bridgehead atoms. The molecule has 0 saturated carbocycles. The van der Waals surface area contributed by atoms with E-state index in [1.165, 1.54) is 6.92 Å². The van der Waals surface area contributed by atoms with Crippen LogP contribution in [0.25, 0.3) is 6.08 Å². The van der Waals surface area contributed by atoms with E-state index in [1.54, 1.807) is 25.1 Å². The van der Waals surface area contributed by atoms with E-state index in [0.29, 0.717) is 0 Å². The van der Waals surface area contributed by atoms with Gasteiger partial charge in [-0.15, -0.1) is 0 Å². The Kier molecular flexibility index (Phi) is 6.75. The highest BCUT2D eigenvalue weighted by atomic mass is 16.3. The zero-order valence-electron chi connectivity index (χ0n) is 12.8. The maximum Gasteiger partial charge on any atom is 0.135 e. The fraction of sp³-hybridized carbons (Fsp3) is 0.471. The van der Waals surface area contributed by atoms with Crippen molar-refractivity contribution in [3.8, 4) is 0 Å². The van der Waals surface area contributed by atoms with Gasteiger partial charge in [0.2, 0.25) is 0 Å². The number of hydrogen-bond acceptors (Lipinski definition) is 4. The monoisotopic (exact) mass is 292 g/mol. The average molecular weight is 292 g/mol. The van der Waals surface area contributed by atoms with Gasteiger partial charge in [0.05, 0.1) is 19.3 Å². The van der Waals surface area contributed by atoms with E-state index in [-0.39, 0.29) is 24.9 Å². The maximum atomic E-state index is 11.4. The highest BCUT2D eigenvalue weighted by Crippen LogP contribution is 2.29. The normalized spacial score (nSPS) is 15.9. The second-order valence-corrected chi connectivity index (χ2v) is 5.38. The van der Waals surface area contributed by atoms with Crippen molar-refractivity contribution >= 4 is 11.9 Å². The topological polar surface area (TPSA) is 77.8 Å². The Balaban J connectivity index is 3.15. The van der Waals surface area contributed by atoms with Gasteiger partial charge < -0.3 is 15.3 Å². The lowest BCUT2D eigenvalue weighted by molar-refractivity contribution is -0.123. The number of ketones is 1. The lowest BCUT2D eigenvalue weighted by Crippen LogP contribution is -2.29. The fourth-order valence-corrected chi connectivity index (χ4v) is 2.32. The molecular weight excluding hydrogens is 268 g/mol. The maximum absolute atomic E-state index is 11.4. The number of hydrogen-bond donors (Lipinski definition) is 3. The van der Waals surface area contributed by atoms with E-state index >= 15 is 0 Å². The lowest BCUT2D eigenvalue weighted by Gasteiger charge is -2.25. The van der Waals surface area contributed by atoms with Crippen molar-refractivity contribution in [2.45, 2.75) is 39.4 Å². The third kappa shape index (κ3) is 4.49.